The lowest BCUT2D eigenvalue weighted by Gasteiger charge is -2.39. The first-order valence-corrected chi connectivity index (χ1v) is 17.9. The van der Waals surface area contributed by atoms with Crippen LogP contribution in [0, 0.1) is 29.6 Å². The highest BCUT2D eigenvalue weighted by Gasteiger charge is 2.46. The second-order valence-corrected chi connectivity index (χ2v) is 15.9. The molecule has 10 heteroatoms. The molecule has 9 atom stereocenters. The van der Waals surface area contributed by atoms with E-state index in [1.807, 2.05) is 6.92 Å². The number of hydrogen-bond acceptors (Lipinski definition) is 7. The molecule has 9 nitrogen and oxygen atoms in total. The van der Waals surface area contributed by atoms with Crippen molar-refractivity contribution in [3.63, 3.8) is 0 Å². The number of carbonyl (C=O) groups is 2. The number of sulfonamides is 1. The summed E-state index contributed by atoms with van der Waals surface area (Å²) >= 11 is 0. The van der Waals surface area contributed by atoms with Crippen molar-refractivity contribution >= 4 is 22.0 Å². The van der Waals surface area contributed by atoms with Crippen LogP contribution < -0.4 is 10.0 Å². The second kappa shape index (κ2) is 13.5. The smallest absolute Gasteiger partial charge is 0.407 e. The maximum Gasteiger partial charge on any atom is 0.407 e. The van der Waals surface area contributed by atoms with Crippen LogP contribution in [0.15, 0.2) is 0 Å². The Balaban J connectivity index is 1.14. The summed E-state index contributed by atoms with van der Waals surface area (Å²) in [7, 11) is 0.283. The number of hydrogen-bond donors (Lipinski definition) is 2. The molecule has 2 amide bonds. The number of fused-ring (bicyclic) bond motifs is 1. The number of rotatable bonds is 8. The molecule has 5 aliphatic rings. The molecule has 1 aliphatic heterocycles. The third-order valence-electron chi connectivity index (χ3n) is 11.3. The first-order valence-electron chi connectivity index (χ1n) is 16.4. The highest BCUT2D eigenvalue weighted by Crippen LogP contribution is 2.45. The van der Waals surface area contributed by atoms with Crippen molar-refractivity contribution < 1.29 is 27.5 Å². The van der Waals surface area contributed by atoms with Gasteiger partial charge in [0.1, 0.15) is 6.10 Å². The van der Waals surface area contributed by atoms with Crippen LogP contribution in [0.5, 0.6) is 0 Å². The quantitative estimate of drug-likeness (QED) is 0.422. The molecule has 234 valence electrons. The van der Waals surface area contributed by atoms with Gasteiger partial charge < -0.3 is 19.7 Å². The fraction of sp³-hybridized carbons (Fsp3) is 0.935. The normalized spacial score (nSPS) is 38.8. The Bertz CT molecular complexity index is 1020. The van der Waals surface area contributed by atoms with E-state index in [-0.39, 0.29) is 42.1 Å². The molecule has 9 unspecified atom stereocenters. The molecule has 2 N–H and O–H groups in total. The van der Waals surface area contributed by atoms with Crippen LogP contribution in [0.1, 0.15) is 103 Å². The van der Waals surface area contributed by atoms with Gasteiger partial charge in [0.25, 0.3) is 0 Å². The number of methoxy groups -OCH3 is 1. The van der Waals surface area contributed by atoms with E-state index < -0.39 is 15.3 Å². The molecule has 0 spiro atoms. The van der Waals surface area contributed by atoms with Crippen molar-refractivity contribution in [2.24, 2.45) is 29.6 Å². The van der Waals surface area contributed by atoms with Crippen molar-refractivity contribution in [3.05, 3.63) is 0 Å². The van der Waals surface area contributed by atoms with Crippen LogP contribution >= 0.6 is 0 Å². The molecular weight excluding hydrogens is 542 g/mol. The maximum atomic E-state index is 13.1. The second-order valence-electron chi connectivity index (χ2n) is 14.0. The minimum Gasteiger partial charge on any atom is -0.446 e. The molecule has 0 bridgehead atoms. The largest absolute Gasteiger partial charge is 0.446 e. The zero-order valence-corrected chi connectivity index (χ0v) is 26.2. The van der Waals surface area contributed by atoms with Crippen molar-refractivity contribution in [3.8, 4) is 0 Å². The Morgan fingerprint density at radius 2 is 1.63 bits per heavy atom. The predicted octanol–water partition coefficient (Wildman–Crippen LogP) is 4.60. The fourth-order valence-electron chi connectivity index (χ4n) is 9.04. The number of alkyl carbamates (subject to hydrolysis) is 1. The van der Waals surface area contributed by atoms with Gasteiger partial charge >= 0.3 is 6.09 Å². The maximum absolute atomic E-state index is 13.1. The van der Waals surface area contributed by atoms with Gasteiger partial charge in [0, 0.05) is 31.7 Å². The molecule has 0 aromatic heterocycles. The molecule has 1 heterocycles. The molecular formula is C31H53N3O6S. The van der Waals surface area contributed by atoms with E-state index in [1.54, 1.807) is 7.11 Å². The van der Waals surface area contributed by atoms with E-state index in [0.717, 1.165) is 83.6 Å². The van der Waals surface area contributed by atoms with Gasteiger partial charge in [-0.3, -0.25) is 9.52 Å². The monoisotopic (exact) mass is 595 g/mol. The molecule has 5 rings (SSSR count). The van der Waals surface area contributed by atoms with Crippen LogP contribution in [-0.2, 0) is 24.3 Å². The first kappa shape index (κ1) is 31.0. The van der Waals surface area contributed by atoms with Gasteiger partial charge in [-0.2, -0.15) is 0 Å². The predicted molar refractivity (Wildman–Crippen MR) is 158 cm³/mol. The first-order chi connectivity index (χ1) is 19.6. The summed E-state index contributed by atoms with van der Waals surface area (Å²) in [6.07, 6.45) is 13.7. The Kier molecular flexibility index (Phi) is 10.2. The van der Waals surface area contributed by atoms with Crippen LogP contribution in [0.25, 0.3) is 0 Å². The summed E-state index contributed by atoms with van der Waals surface area (Å²) < 4.78 is 40.2. The standard InChI is InChI=1S/C31H53N3O6S/c1-20-8-4-7-11-29(20)41(37,38)33-30(35)22-13-12-21(28(17-22)39-3)16-23-19-34(2)27-15-14-24(18-26(23)27)32-31(36)40-25-9-5-6-10-25/h20-29H,4-19H2,1-3H3,(H,32,36)(H,33,35). The van der Waals surface area contributed by atoms with Gasteiger partial charge in [-0.25, -0.2) is 13.2 Å². The SMILES string of the molecule is COC1CC(C(=O)NS(=O)(=O)C2CCCCC2C)CCC1CC1CN(C)C2CCC(NC(=O)OC3CCCC3)CC12. The molecule has 4 aliphatic carbocycles. The summed E-state index contributed by atoms with van der Waals surface area (Å²) in [6, 6.07) is 0.699. The van der Waals surface area contributed by atoms with Crippen LogP contribution in [0.3, 0.4) is 0 Å². The molecule has 0 aromatic carbocycles. The third kappa shape index (κ3) is 7.40. The fourth-order valence-corrected chi connectivity index (χ4v) is 10.9. The number of ether oxygens (including phenoxy) is 2. The molecule has 41 heavy (non-hydrogen) atoms. The van der Waals surface area contributed by atoms with Crippen molar-refractivity contribution in [1.82, 2.24) is 14.9 Å². The Morgan fingerprint density at radius 3 is 2.37 bits per heavy atom. The number of nitrogens with zero attached hydrogens (tertiary/aromatic N) is 1. The van der Waals surface area contributed by atoms with Crippen LogP contribution in [0.4, 0.5) is 4.79 Å². The van der Waals surface area contributed by atoms with E-state index in [0.29, 0.717) is 43.1 Å². The topological polar surface area (TPSA) is 114 Å². The van der Waals surface area contributed by atoms with E-state index in [2.05, 4.69) is 22.0 Å². The van der Waals surface area contributed by atoms with E-state index >= 15 is 0 Å². The molecule has 0 aromatic rings. The van der Waals surface area contributed by atoms with E-state index in [4.69, 9.17) is 9.47 Å². The molecule has 4 saturated carbocycles. The molecule has 1 saturated heterocycles. The minimum atomic E-state index is -3.66. The number of carbonyl (C=O) groups excluding carboxylic acids is 2. The lowest BCUT2D eigenvalue weighted by molar-refractivity contribution is -0.127. The number of nitrogens with one attached hydrogen (secondary N) is 2. The Labute approximate surface area is 247 Å². The van der Waals surface area contributed by atoms with Crippen LogP contribution in [-0.4, -0.2) is 75.6 Å². The summed E-state index contributed by atoms with van der Waals surface area (Å²) in [5, 5.41) is 2.71. The highest BCUT2D eigenvalue weighted by molar-refractivity contribution is 7.90. The Hall–Kier alpha value is -1.39. The van der Waals surface area contributed by atoms with E-state index in [1.165, 1.54) is 0 Å². The van der Waals surface area contributed by atoms with Crippen molar-refractivity contribution in [2.45, 2.75) is 133 Å². The third-order valence-corrected chi connectivity index (χ3v) is 13.3. The van der Waals surface area contributed by atoms with Crippen LogP contribution in [0.2, 0.25) is 0 Å². The summed E-state index contributed by atoms with van der Waals surface area (Å²) in [6.45, 7) is 3.03. The van der Waals surface area contributed by atoms with Gasteiger partial charge in [-0.1, -0.05) is 19.8 Å². The number of amides is 2. The molecule has 5 fully saturated rings. The number of likely N-dealkylation sites (tertiary alicyclic amines) is 1. The zero-order valence-electron chi connectivity index (χ0n) is 25.4. The minimum absolute atomic E-state index is 0.0564. The lowest BCUT2D eigenvalue weighted by Crippen LogP contribution is -2.47. The highest BCUT2D eigenvalue weighted by atomic mass is 32.2. The van der Waals surface area contributed by atoms with Gasteiger partial charge in [-0.15, -0.1) is 0 Å². The van der Waals surface area contributed by atoms with Gasteiger partial charge in [0.2, 0.25) is 15.9 Å². The van der Waals surface area contributed by atoms with Gasteiger partial charge in [0.05, 0.1) is 11.4 Å². The molecule has 0 radical (unpaired) electrons. The lowest BCUT2D eigenvalue weighted by atomic mass is 9.70. The van der Waals surface area contributed by atoms with Gasteiger partial charge in [-0.05, 0) is 114 Å². The zero-order chi connectivity index (χ0) is 29.1. The van der Waals surface area contributed by atoms with E-state index in [9.17, 15) is 18.0 Å². The summed E-state index contributed by atoms with van der Waals surface area (Å²) in [4.78, 5) is 28.2. The van der Waals surface area contributed by atoms with Gasteiger partial charge in [0.15, 0.2) is 0 Å². The average Bonchev–Trinajstić information content (AvgIpc) is 3.56. The average molecular weight is 596 g/mol. The van der Waals surface area contributed by atoms with Crippen molar-refractivity contribution in [1.29, 1.82) is 0 Å². The van der Waals surface area contributed by atoms with Crippen molar-refractivity contribution in [2.75, 3.05) is 20.7 Å². The summed E-state index contributed by atoms with van der Waals surface area (Å²) in [5.41, 5.74) is 0. The Morgan fingerprint density at radius 1 is 0.902 bits per heavy atom. The summed E-state index contributed by atoms with van der Waals surface area (Å²) in [5.74, 6) is 0.773.